The first-order chi connectivity index (χ1) is 10.1. The molecule has 0 fully saturated rings. The zero-order chi connectivity index (χ0) is 15.7. The second-order valence-corrected chi connectivity index (χ2v) is 5.14. The molecule has 0 saturated heterocycles. The minimum absolute atomic E-state index is 0.000113. The minimum Gasteiger partial charge on any atom is -0.356 e. The highest BCUT2D eigenvalue weighted by molar-refractivity contribution is 5.92. The molecule has 4 nitrogen and oxygen atoms in total. The molecule has 1 N–H and O–H groups in total. The van der Waals surface area contributed by atoms with E-state index in [1.807, 2.05) is 24.3 Å². The van der Waals surface area contributed by atoms with E-state index in [1.54, 1.807) is 4.90 Å². The van der Waals surface area contributed by atoms with Crippen molar-refractivity contribution in [3.63, 3.8) is 0 Å². The zero-order valence-electron chi connectivity index (χ0n) is 13.3. The summed E-state index contributed by atoms with van der Waals surface area (Å²) in [5.41, 5.74) is 2.08. The van der Waals surface area contributed by atoms with Crippen LogP contribution in [0.15, 0.2) is 24.3 Å². The number of carbonyl (C=O) groups excluding carboxylic acids is 2. The fraction of sp³-hybridized carbons (Fsp3) is 0.529. The van der Waals surface area contributed by atoms with Crippen LogP contribution in [-0.4, -0.2) is 24.9 Å². The quantitative estimate of drug-likeness (QED) is 0.748. The highest BCUT2D eigenvalue weighted by Crippen LogP contribution is 2.16. The van der Waals surface area contributed by atoms with Crippen LogP contribution in [0.1, 0.15) is 45.6 Å². The Morgan fingerprint density at radius 3 is 2.33 bits per heavy atom. The predicted octanol–water partition coefficient (Wildman–Crippen LogP) is 2.91. The maximum absolute atomic E-state index is 11.8. The summed E-state index contributed by atoms with van der Waals surface area (Å²) in [6, 6.07) is 7.92. The molecule has 0 aliphatic carbocycles. The van der Waals surface area contributed by atoms with E-state index in [1.165, 1.54) is 12.5 Å². The van der Waals surface area contributed by atoms with Crippen LogP contribution in [-0.2, 0) is 16.0 Å². The first-order valence-corrected chi connectivity index (χ1v) is 7.72. The summed E-state index contributed by atoms with van der Waals surface area (Å²) < 4.78 is 0. The molecule has 0 radical (unpaired) electrons. The molecule has 1 rings (SSSR count). The van der Waals surface area contributed by atoms with E-state index in [-0.39, 0.29) is 11.8 Å². The molecule has 0 aliphatic heterocycles. The molecule has 0 unspecified atom stereocenters. The standard InChI is InChI=1S/C17H26N2O2/c1-4-6-12-18-17(21)11-13-19(14(3)20)16-9-7-15(5-2)8-10-16/h7-10H,4-6,11-13H2,1-3H3,(H,18,21). The number of nitrogens with one attached hydrogen (secondary N) is 1. The lowest BCUT2D eigenvalue weighted by Crippen LogP contribution is -2.34. The van der Waals surface area contributed by atoms with Gasteiger partial charge in [-0.2, -0.15) is 0 Å². The summed E-state index contributed by atoms with van der Waals surface area (Å²) in [6.07, 6.45) is 3.35. The van der Waals surface area contributed by atoms with Gasteiger partial charge in [0.1, 0.15) is 0 Å². The highest BCUT2D eigenvalue weighted by Gasteiger charge is 2.13. The fourth-order valence-corrected chi connectivity index (χ4v) is 2.09. The molecule has 0 atom stereocenters. The van der Waals surface area contributed by atoms with Gasteiger partial charge in [0.15, 0.2) is 0 Å². The monoisotopic (exact) mass is 290 g/mol. The third-order valence-corrected chi connectivity index (χ3v) is 3.45. The van der Waals surface area contributed by atoms with E-state index in [0.29, 0.717) is 19.5 Å². The van der Waals surface area contributed by atoms with Gasteiger partial charge in [-0.25, -0.2) is 0 Å². The summed E-state index contributed by atoms with van der Waals surface area (Å²) in [7, 11) is 0. The smallest absolute Gasteiger partial charge is 0.223 e. The third-order valence-electron chi connectivity index (χ3n) is 3.45. The molecule has 116 valence electrons. The Morgan fingerprint density at radius 2 is 1.81 bits per heavy atom. The first-order valence-electron chi connectivity index (χ1n) is 7.72. The summed E-state index contributed by atoms with van der Waals surface area (Å²) in [5, 5.41) is 2.87. The van der Waals surface area contributed by atoms with E-state index >= 15 is 0 Å². The van der Waals surface area contributed by atoms with Crippen molar-refractivity contribution in [2.75, 3.05) is 18.0 Å². The first kappa shape index (κ1) is 17.2. The van der Waals surface area contributed by atoms with E-state index < -0.39 is 0 Å². The van der Waals surface area contributed by atoms with Gasteiger partial charge in [0.05, 0.1) is 0 Å². The van der Waals surface area contributed by atoms with E-state index in [0.717, 1.165) is 24.9 Å². The number of nitrogens with zero attached hydrogens (tertiary/aromatic N) is 1. The molecule has 4 heteroatoms. The van der Waals surface area contributed by atoms with Crippen molar-refractivity contribution in [3.8, 4) is 0 Å². The topological polar surface area (TPSA) is 49.4 Å². The van der Waals surface area contributed by atoms with Crippen molar-refractivity contribution in [3.05, 3.63) is 29.8 Å². The lowest BCUT2D eigenvalue weighted by Gasteiger charge is -2.21. The molecule has 0 heterocycles. The number of hydrogen-bond acceptors (Lipinski definition) is 2. The molecule has 0 saturated carbocycles. The second-order valence-electron chi connectivity index (χ2n) is 5.14. The summed E-state index contributed by atoms with van der Waals surface area (Å²) >= 11 is 0. The van der Waals surface area contributed by atoms with Crippen molar-refractivity contribution in [2.24, 2.45) is 0 Å². The van der Waals surface area contributed by atoms with Crippen LogP contribution in [0.2, 0.25) is 0 Å². The molecule has 0 aromatic heterocycles. The second kappa shape index (κ2) is 9.16. The van der Waals surface area contributed by atoms with Gasteiger partial charge in [-0.15, -0.1) is 0 Å². The average molecular weight is 290 g/mol. The van der Waals surface area contributed by atoms with Crippen molar-refractivity contribution in [2.45, 2.75) is 46.5 Å². The number of amides is 2. The van der Waals surface area contributed by atoms with Crippen LogP contribution in [0, 0.1) is 0 Å². The van der Waals surface area contributed by atoms with Crippen molar-refractivity contribution in [1.29, 1.82) is 0 Å². The molecule has 21 heavy (non-hydrogen) atoms. The average Bonchev–Trinajstić information content (AvgIpc) is 2.48. The SMILES string of the molecule is CCCCNC(=O)CCN(C(C)=O)c1ccc(CC)cc1. The van der Waals surface area contributed by atoms with Crippen LogP contribution in [0.25, 0.3) is 0 Å². The van der Waals surface area contributed by atoms with Gasteiger partial charge in [-0.05, 0) is 30.5 Å². The van der Waals surface area contributed by atoms with Gasteiger partial charge in [0, 0.05) is 32.1 Å². The van der Waals surface area contributed by atoms with Crippen molar-refractivity contribution in [1.82, 2.24) is 5.32 Å². The van der Waals surface area contributed by atoms with Gasteiger partial charge in [0.2, 0.25) is 11.8 Å². The maximum Gasteiger partial charge on any atom is 0.223 e. The number of hydrogen-bond donors (Lipinski definition) is 1. The summed E-state index contributed by atoms with van der Waals surface area (Å²) in [4.78, 5) is 25.1. The van der Waals surface area contributed by atoms with E-state index in [9.17, 15) is 9.59 Å². The van der Waals surface area contributed by atoms with Gasteiger partial charge >= 0.3 is 0 Å². The van der Waals surface area contributed by atoms with Crippen LogP contribution in [0.4, 0.5) is 5.69 Å². The van der Waals surface area contributed by atoms with Gasteiger partial charge in [0.25, 0.3) is 0 Å². The number of aryl methyl sites for hydroxylation is 1. The Labute approximate surface area is 127 Å². The van der Waals surface area contributed by atoms with Gasteiger partial charge in [-0.1, -0.05) is 32.4 Å². The van der Waals surface area contributed by atoms with E-state index in [2.05, 4.69) is 19.2 Å². The lowest BCUT2D eigenvalue weighted by molar-refractivity contribution is -0.121. The maximum atomic E-state index is 11.8. The van der Waals surface area contributed by atoms with Crippen LogP contribution < -0.4 is 10.2 Å². The largest absolute Gasteiger partial charge is 0.356 e. The van der Waals surface area contributed by atoms with Gasteiger partial charge in [-0.3, -0.25) is 9.59 Å². The normalized spacial score (nSPS) is 10.2. The summed E-state index contributed by atoms with van der Waals surface area (Å²) in [6.45, 7) is 6.84. The number of anilines is 1. The third kappa shape index (κ3) is 5.98. The van der Waals surface area contributed by atoms with E-state index in [4.69, 9.17) is 0 Å². The molecular weight excluding hydrogens is 264 g/mol. The molecule has 0 aliphatic rings. The zero-order valence-corrected chi connectivity index (χ0v) is 13.3. The lowest BCUT2D eigenvalue weighted by atomic mass is 10.1. The Balaban J connectivity index is 2.57. The number of unbranched alkanes of at least 4 members (excludes halogenated alkanes) is 1. The van der Waals surface area contributed by atoms with Crippen LogP contribution in [0.5, 0.6) is 0 Å². The Bertz CT molecular complexity index is 454. The van der Waals surface area contributed by atoms with Crippen molar-refractivity contribution < 1.29 is 9.59 Å². The molecule has 0 bridgehead atoms. The molecule has 2 amide bonds. The number of carbonyl (C=O) groups is 2. The predicted molar refractivity (Wildman–Crippen MR) is 86.4 cm³/mol. The minimum atomic E-state index is -0.0411. The Kier molecular flexibility index (Phi) is 7.51. The van der Waals surface area contributed by atoms with Crippen LogP contribution >= 0.6 is 0 Å². The number of rotatable bonds is 8. The van der Waals surface area contributed by atoms with Gasteiger partial charge < -0.3 is 10.2 Å². The molecule has 1 aromatic carbocycles. The Morgan fingerprint density at radius 1 is 1.14 bits per heavy atom. The molecule has 0 spiro atoms. The Hall–Kier alpha value is -1.84. The fourth-order valence-electron chi connectivity index (χ4n) is 2.09. The molecule has 1 aromatic rings. The number of benzene rings is 1. The van der Waals surface area contributed by atoms with Crippen molar-refractivity contribution >= 4 is 17.5 Å². The summed E-state index contributed by atoms with van der Waals surface area (Å²) in [5.74, 6) is -0.0412. The van der Waals surface area contributed by atoms with Crippen LogP contribution in [0.3, 0.4) is 0 Å². The highest BCUT2D eigenvalue weighted by atomic mass is 16.2. The molecular formula is C17H26N2O2.